The molecule has 3 rings (SSSR count). The molecule has 27 heavy (non-hydrogen) atoms. The zero-order chi connectivity index (χ0) is 19.4. The second-order valence-electron chi connectivity index (χ2n) is 5.40. The highest BCUT2D eigenvalue weighted by molar-refractivity contribution is 7.80. The highest BCUT2D eigenvalue weighted by atomic mass is 35.6. The number of para-hydroxylation sites is 1. The van der Waals surface area contributed by atoms with Crippen LogP contribution in [0.15, 0.2) is 59.3 Å². The summed E-state index contributed by atoms with van der Waals surface area (Å²) < 4.78 is 3.16. The van der Waals surface area contributed by atoms with Crippen LogP contribution < -0.4 is 16.0 Å². The summed E-state index contributed by atoms with van der Waals surface area (Å²) in [5.41, 5.74) is 1.40. The first-order valence-corrected chi connectivity index (χ1v) is 9.21. The van der Waals surface area contributed by atoms with E-state index in [1.54, 1.807) is 12.3 Å². The Labute approximate surface area is 175 Å². The molecule has 1 atom stereocenters. The Morgan fingerprint density at radius 2 is 1.89 bits per heavy atom. The minimum absolute atomic E-state index is 0.0770. The number of halogens is 3. The molecule has 0 bridgehead atoms. The number of nitrogens with zero attached hydrogens (tertiary/aromatic N) is 1. The van der Waals surface area contributed by atoms with Crippen LogP contribution in [0.5, 0.6) is 0 Å². The van der Waals surface area contributed by atoms with Crippen LogP contribution in [0.2, 0.25) is 0 Å². The van der Waals surface area contributed by atoms with E-state index < -0.39 is 15.9 Å². The molecule has 0 unspecified atom stereocenters. The fourth-order valence-corrected chi connectivity index (χ4v) is 2.86. The summed E-state index contributed by atoms with van der Waals surface area (Å²) in [6, 6.07) is 12.4. The monoisotopic (exact) mass is 442 g/mol. The van der Waals surface area contributed by atoms with Crippen molar-refractivity contribution in [2.24, 2.45) is 0 Å². The summed E-state index contributed by atoms with van der Waals surface area (Å²) in [5.74, 6) is -0.480. The smallest absolute Gasteiger partial charge is 0.288 e. The average Bonchev–Trinajstić information content (AvgIpc) is 3.15. The van der Waals surface area contributed by atoms with Crippen molar-refractivity contribution in [3.05, 3.63) is 60.7 Å². The van der Waals surface area contributed by atoms with Crippen molar-refractivity contribution >= 4 is 74.6 Å². The molecule has 0 aliphatic carbocycles. The van der Waals surface area contributed by atoms with Gasteiger partial charge in [-0.05, 0) is 36.5 Å². The number of hydrogen-bond acceptors (Lipinski definition) is 4. The summed E-state index contributed by atoms with van der Waals surface area (Å²) in [5, 5.41) is 9.40. The van der Waals surface area contributed by atoms with Crippen molar-refractivity contribution < 1.29 is 9.21 Å². The Morgan fingerprint density at radius 3 is 2.59 bits per heavy atom. The van der Waals surface area contributed by atoms with Crippen molar-refractivity contribution in [3.8, 4) is 0 Å². The van der Waals surface area contributed by atoms with Gasteiger partial charge in [-0.3, -0.25) is 9.78 Å². The van der Waals surface area contributed by atoms with Crippen LogP contribution in [-0.4, -0.2) is 26.0 Å². The molecule has 0 saturated heterocycles. The topological polar surface area (TPSA) is 79.2 Å². The number of thiocarbonyl (C=S) groups is 1. The predicted octanol–water partition coefficient (Wildman–Crippen LogP) is 4.24. The van der Waals surface area contributed by atoms with Gasteiger partial charge in [-0.1, -0.05) is 53.0 Å². The van der Waals surface area contributed by atoms with Gasteiger partial charge in [-0.25, -0.2) is 0 Å². The number of aromatic nitrogens is 1. The second-order valence-corrected chi connectivity index (χ2v) is 8.18. The standard InChI is InChI=1S/C17H13Cl3N4O2S/c18-17(19,20)15(23-14(25)12-7-3-9-26-12)24-16(27)22-11-6-1-4-10-5-2-8-21-13(10)11/h1-9,15H,(H,23,25)(H2,22,24,27)/t15-/m0/s1. The Morgan fingerprint density at radius 1 is 1.11 bits per heavy atom. The molecule has 3 aromatic rings. The molecule has 2 aromatic heterocycles. The van der Waals surface area contributed by atoms with Crippen LogP contribution in [0.1, 0.15) is 10.6 Å². The number of hydrogen-bond donors (Lipinski definition) is 3. The number of carbonyl (C=O) groups excluding carboxylic acids is 1. The molecule has 10 heteroatoms. The lowest BCUT2D eigenvalue weighted by Gasteiger charge is -2.27. The Kier molecular flexibility index (Phi) is 6.06. The average molecular weight is 444 g/mol. The normalized spacial score (nSPS) is 12.4. The third-order valence-electron chi connectivity index (χ3n) is 3.50. The summed E-state index contributed by atoms with van der Waals surface area (Å²) >= 11 is 23.2. The van der Waals surface area contributed by atoms with Gasteiger partial charge >= 0.3 is 0 Å². The number of rotatable bonds is 4. The zero-order valence-electron chi connectivity index (χ0n) is 13.6. The third-order valence-corrected chi connectivity index (χ3v) is 4.38. The number of furan rings is 1. The zero-order valence-corrected chi connectivity index (χ0v) is 16.7. The fraction of sp³-hybridized carbons (Fsp3) is 0.118. The van der Waals surface area contributed by atoms with Gasteiger partial charge < -0.3 is 20.4 Å². The van der Waals surface area contributed by atoms with E-state index in [0.29, 0.717) is 5.69 Å². The molecule has 1 aromatic carbocycles. The molecule has 0 saturated carbocycles. The lowest BCUT2D eigenvalue weighted by Crippen LogP contribution is -2.56. The number of pyridine rings is 1. The van der Waals surface area contributed by atoms with Gasteiger partial charge in [0.05, 0.1) is 17.5 Å². The van der Waals surface area contributed by atoms with Crippen molar-refractivity contribution in [2.75, 3.05) is 5.32 Å². The van der Waals surface area contributed by atoms with Crippen molar-refractivity contribution in [2.45, 2.75) is 9.96 Å². The van der Waals surface area contributed by atoms with Gasteiger partial charge in [0.15, 0.2) is 10.9 Å². The lowest BCUT2D eigenvalue weighted by atomic mass is 10.2. The molecular weight excluding hydrogens is 431 g/mol. The van der Waals surface area contributed by atoms with E-state index in [9.17, 15) is 4.79 Å². The molecule has 6 nitrogen and oxygen atoms in total. The first kappa shape index (κ1) is 19.7. The van der Waals surface area contributed by atoms with Gasteiger partial charge in [0.2, 0.25) is 3.79 Å². The Balaban J connectivity index is 1.73. The van der Waals surface area contributed by atoms with Gasteiger partial charge in [0, 0.05) is 11.6 Å². The highest BCUT2D eigenvalue weighted by Gasteiger charge is 2.35. The summed E-state index contributed by atoms with van der Waals surface area (Å²) in [6.07, 6.45) is 1.94. The van der Waals surface area contributed by atoms with Crippen LogP contribution in [0.4, 0.5) is 5.69 Å². The van der Waals surface area contributed by atoms with Crippen LogP contribution in [0.25, 0.3) is 10.9 Å². The van der Waals surface area contributed by atoms with E-state index >= 15 is 0 Å². The maximum absolute atomic E-state index is 12.2. The first-order chi connectivity index (χ1) is 12.8. The SMILES string of the molecule is O=C(N[C@@H](NC(=S)Nc1cccc2cccnc12)C(Cl)(Cl)Cl)c1ccco1. The van der Waals surface area contributed by atoms with E-state index in [1.165, 1.54) is 12.3 Å². The van der Waals surface area contributed by atoms with Crippen molar-refractivity contribution in [1.82, 2.24) is 15.6 Å². The van der Waals surface area contributed by atoms with E-state index in [1.807, 2.05) is 30.3 Å². The number of benzene rings is 1. The number of anilines is 1. The van der Waals surface area contributed by atoms with E-state index in [4.69, 9.17) is 51.4 Å². The minimum Gasteiger partial charge on any atom is -0.459 e. The van der Waals surface area contributed by atoms with E-state index in [-0.39, 0.29) is 10.9 Å². The highest BCUT2D eigenvalue weighted by Crippen LogP contribution is 2.29. The summed E-state index contributed by atoms with van der Waals surface area (Å²) in [7, 11) is 0. The largest absolute Gasteiger partial charge is 0.459 e. The summed E-state index contributed by atoms with van der Waals surface area (Å²) in [4.78, 5) is 16.5. The fourth-order valence-electron chi connectivity index (χ4n) is 2.30. The van der Waals surface area contributed by atoms with Crippen LogP contribution in [0, 0.1) is 0 Å². The molecule has 140 valence electrons. The maximum atomic E-state index is 12.2. The maximum Gasteiger partial charge on any atom is 0.288 e. The second kappa shape index (κ2) is 8.31. The molecule has 0 aliphatic rings. The minimum atomic E-state index is -1.87. The van der Waals surface area contributed by atoms with Crippen molar-refractivity contribution in [3.63, 3.8) is 0 Å². The molecule has 1 amide bonds. The number of alkyl halides is 3. The summed E-state index contributed by atoms with van der Waals surface area (Å²) in [6.45, 7) is 0. The van der Waals surface area contributed by atoms with Gasteiger partial charge in [-0.2, -0.15) is 0 Å². The van der Waals surface area contributed by atoms with Gasteiger partial charge in [0.25, 0.3) is 5.91 Å². The first-order valence-electron chi connectivity index (χ1n) is 7.67. The molecule has 0 aliphatic heterocycles. The third kappa shape index (κ3) is 5.01. The van der Waals surface area contributed by atoms with E-state index in [0.717, 1.165) is 10.9 Å². The number of fused-ring (bicyclic) bond motifs is 1. The van der Waals surface area contributed by atoms with Gasteiger partial charge in [-0.15, -0.1) is 0 Å². The molecule has 2 heterocycles. The molecule has 0 spiro atoms. The Bertz CT molecular complexity index is 955. The number of carbonyl (C=O) groups is 1. The van der Waals surface area contributed by atoms with Crippen LogP contribution in [-0.2, 0) is 0 Å². The van der Waals surface area contributed by atoms with Crippen molar-refractivity contribution in [1.29, 1.82) is 0 Å². The van der Waals surface area contributed by atoms with Crippen LogP contribution in [0.3, 0.4) is 0 Å². The predicted molar refractivity (Wildman–Crippen MR) is 111 cm³/mol. The molecular formula is C17H13Cl3N4O2S. The molecule has 0 fully saturated rings. The van der Waals surface area contributed by atoms with E-state index in [2.05, 4.69) is 20.9 Å². The molecule has 0 radical (unpaired) electrons. The van der Waals surface area contributed by atoms with Gasteiger partial charge in [0.1, 0.15) is 6.17 Å². The lowest BCUT2D eigenvalue weighted by molar-refractivity contribution is 0.0906. The quantitative estimate of drug-likeness (QED) is 0.318. The Hall–Kier alpha value is -2.06. The number of amides is 1. The van der Waals surface area contributed by atoms with Crippen LogP contribution >= 0.6 is 47.0 Å². The number of nitrogens with one attached hydrogen (secondary N) is 3. The molecule has 3 N–H and O–H groups in total.